The molecule has 1 amide bonds. The van der Waals surface area contributed by atoms with Crippen molar-refractivity contribution in [2.75, 3.05) is 5.32 Å². The summed E-state index contributed by atoms with van der Waals surface area (Å²) in [5.41, 5.74) is 2.91. The van der Waals surface area contributed by atoms with Crippen molar-refractivity contribution >= 4 is 11.7 Å². The highest BCUT2D eigenvalue weighted by Gasteiger charge is 2.23. The van der Waals surface area contributed by atoms with Gasteiger partial charge in [0.25, 0.3) is 5.91 Å². The fraction of sp³-hybridized carbons (Fsp3) is 0.261. The molecular weight excluding hydrogens is 353 g/mol. The minimum atomic E-state index is -0.282. The molecule has 1 heterocycles. The first-order valence-electron chi connectivity index (χ1n) is 9.70. The van der Waals surface area contributed by atoms with Gasteiger partial charge in [0.2, 0.25) is 0 Å². The molecule has 4 rings (SSSR count). The summed E-state index contributed by atoms with van der Waals surface area (Å²) in [6.45, 7) is 0. The molecule has 1 aromatic heterocycles. The van der Waals surface area contributed by atoms with Gasteiger partial charge in [-0.3, -0.25) is 4.79 Å². The highest BCUT2D eigenvalue weighted by molar-refractivity contribution is 6.04. The van der Waals surface area contributed by atoms with Gasteiger partial charge in [-0.2, -0.15) is 0 Å². The summed E-state index contributed by atoms with van der Waals surface area (Å²) in [5.74, 6) is 0.316. The van der Waals surface area contributed by atoms with Crippen LogP contribution in [-0.4, -0.2) is 15.9 Å². The first-order valence-corrected chi connectivity index (χ1v) is 9.70. The van der Waals surface area contributed by atoms with Crippen LogP contribution in [0.15, 0.2) is 60.8 Å². The van der Waals surface area contributed by atoms with E-state index < -0.39 is 0 Å². The van der Waals surface area contributed by atoms with Gasteiger partial charge in [-0.25, -0.2) is 14.4 Å². The van der Waals surface area contributed by atoms with Gasteiger partial charge in [-0.15, -0.1) is 0 Å². The van der Waals surface area contributed by atoms with Crippen molar-refractivity contribution in [3.8, 4) is 11.3 Å². The number of amides is 1. The number of aromatic nitrogens is 2. The lowest BCUT2D eigenvalue weighted by Crippen LogP contribution is -2.18. The van der Waals surface area contributed by atoms with Crippen molar-refractivity contribution in [1.29, 1.82) is 0 Å². The third-order valence-electron chi connectivity index (χ3n) is 5.20. The van der Waals surface area contributed by atoms with Crippen LogP contribution >= 0.6 is 0 Å². The van der Waals surface area contributed by atoms with Crippen molar-refractivity contribution in [1.82, 2.24) is 9.97 Å². The van der Waals surface area contributed by atoms with Crippen LogP contribution in [0.2, 0.25) is 0 Å². The Morgan fingerprint density at radius 1 is 0.964 bits per heavy atom. The van der Waals surface area contributed by atoms with Gasteiger partial charge in [0.05, 0.1) is 17.6 Å². The topological polar surface area (TPSA) is 54.9 Å². The van der Waals surface area contributed by atoms with E-state index in [9.17, 15) is 9.18 Å². The molecule has 1 aliphatic rings. The van der Waals surface area contributed by atoms with Crippen LogP contribution in [0.1, 0.15) is 54.1 Å². The predicted octanol–water partition coefficient (Wildman–Crippen LogP) is 5.58. The van der Waals surface area contributed by atoms with Gasteiger partial charge >= 0.3 is 0 Å². The maximum Gasteiger partial charge on any atom is 0.256 e. The van der Waals surface area contributed by atoms with Gasteiger partial charge in [-0.05, 0) is 49.2 Å². The first kappa shape index (κ1) is 18.3. The Morgan fingerprint density at radius 2 is 1.68 bits per heavy atom. The summed E-state index contributed by atoms with van der Waals surface area (Å²) < 4.78 is 13.3. The van der Waals surface area contributed by atoms with Gasteiger partial charge in [0, 0.05) is 17.0 Å². The zero-order valence-corrected chi connectivity index (χ0v) is 15.6. The summed E-state index contributed by atoms with van der Waals surface area (Å²) in [7, 11) is 0. The predicted molar refractivity (Wildman–Crippen MR) is 108 cm³/mol. The smallest absolute Gasteiger partial charge is 0.256 e. The average molecular weight is 375 g/mol. The lowest BCUT2D eigenvalue weighted by Gasteiger charge is -2.23. The van der Waals surface area contributed by atoms with Gasteiger partial charge < -0.3 is 5.32 Å². The fourth-order valence-electron chi connectivity index (χ4n) is 3.69. The number of rotatable bonds is 4. The number of carbonyl (C=O) groups is 1. The number of hydrogen-bond donors (Lipinski definition) is 1. The van der Waals surface area contributed by atoms with Gasteiger partial charge in [0.1, 0.15) is 5.82 Å². The van der Waals surface area contributed by atoms with Crippen LogP contribution in [0, 0.1) is 5.82 Å². The van der Waals surface area contributed by atoms with E-state index in [2.05, 4.69) is 10.3 Å². The summed E-state index contributed by atoms with van der Waals surface area (Å²) in [4.78, 5) is 22.0. The Balaban J connectivity index is 1.68. The van der Waals surface area contributed by atoms with Gasteiger partial charge in [-0.1, -0.05) is 37.5 Å². The molecule has 1 N–H and O–H groups in total. The Labute approximate surface area is 163 Å². The number of nitrogens with one attached hydrogen (secondary N) is 1. The number of nitrogens with zero attached hydrogens (tertiary/aromatic N) is 2. The minimum Gasteiger partial charge on any atom is -0.305 e. The zero-order chi connectivity index (χ0) is 19.3. The summed E-state index contributed by atoms with van der Waals surface area (Å²) in [6.07, 6.45) is 7.25. The SMILES string of the molecule is O=C(Nc1ncc(-c2ccc(F)cc2)nc1C1CCCCC1)c1ccccc1. The van der Waals surface area contributed by atoms with E-state index in [1.165, 1.54) is 18.6 Å². The van der Waals surface area contributed by atoms with Crippen molar-refractivity contribution < 1.29 is 9.18 Å². The third kappa shape index (κ3) is 4.09. The second-order valence-electron chi connectivity index (χ2n) is 7.15. The number of benzene rings is 2. The second kappa shape index (κ2) is 8.30. The molecule has 5 heteroatoms. The van der Waals surface area contributed by atoms with Crippen LogP contribution in [0.3, 0.4) is 0 Å². The molecule has 142 valence electrons. The zero-order valence-electron chi connectivity index (χ0n) is 15.6. The first-order chi connectivity index (χ1) is 13.7. The molecule has 0 atom stereocenters. The van der Waals surface area contributed by atoms with Gasteiger partial charge in [0.15, 0.2) is 5.82 Å². The maximum absolute atomic E-state index is 13.3. The molecular formula is C23H22FN3O. The Morgan fingerprint density at radius 3 is 2.39 bits per heavy atom. The molecule has 0 spiro atoms. The minimum absolute atomic E-state index is 0.193. The summed E-state index contributed by atoms with van der Waals surface area (Å²) in [6, 6.07) is 15.3. The van der Waals surface area contributed by atoms with E-state index in [-0.39, 0.29) is 17.6 Å². The van der Waals surface area contributed by atoms with Crippen molar-refractivity contribution in [3.05, 3.63) is 77.9 Å². The third-order valence-corrected chi connectivity index (χ3v) is 5.20. The molecule has 0 saturated heterocycles. The summed E-state index contributed by atoms with van der Waals surface area (Å²) in [5, 5.41) is 2.94. The molecule has 0 radical (unpaired) electrons. The standard InChI is InChI=1S/C23H22FN3O/c24-19-13-11-16(12-14-19)20-15-25-22(21(26-20)17-7-3-1-4-8-17)27-23(28)18-9-5-2-6-10-18/h2,5-6,9-15,17H,1,3-4,7-8H2,(H,25,27,28). The van der Waals surface area contributed by atoms with Crippen LogP contribution in [0.5, 0.6) is 0 Å². The van der Waals surface area contributed by atoms with Crippen LogP contribution in [0.25, 0.3) is 11.3 Å². The Kier molecular flexibility index (Phi) is 5.42. The molecule has 28 heavy (non-hydrogen) atoms. The van der Waals surface area contributed by atoms with E-state index in [0.717, 1.165) is 36.9 Å². The lowest BCUT2D eigenvalue weighted by molar-refractivity contribution is 0.102. The molecule has 0 bridgehead atoms. The number of halogens is 1. The molecule has 1 saturated carbocycles. The number of hydrogen-bond acceptors (Lipinski definition) is 3. The van der Waals surface area contributed by atoms with Crippen molar-refractivity contribution in [2.24, 2.45) is 0 Å². The monoisotopic (exact) mass is 375 g/mol. The van der Waals surface area contributed by atoms with E-state index in [0.29, 0.717) is 17.1 Å². The molecule has 1 fully saturated rings. The van der Waals surface area contributed by atoms with Crippen LogP contribution < -0.4 is 5.32 Å². The molecule has 1 aliphatic carbocycles. The van der Waals surface area contributed by atoms with E-state index in [1.807, 2.05) is 18.2 Å². The highest BCUT2D eigenvalue weighted by atomic mass is 19.1. The van der Waals surface area contributed by atoms with Crippen LogP contribution in [0.4, 0.5) is 10.2 Å². The van der Waals surface area contributed by atoms with Crippen molar-refractivity contribution in [2.45, 2.75) is 38.0 Å². The molecule has 4 nitrogen and oxygen atoms in total. The molecule has 3 aromatic rings. The highest BCUT2D eigenvalue weighted by Crippen LogP contribution is 2.35. The van der Waals surface area contributed by atoms with Crippen LogP contribution in [-0.2, 0) is 0 Å². The number of carbonyl (C=O) groups excluding carboxylic acids is 1. The van der Waals surface area contributed by atoms with E-state index >= 15 is 0 Å². The number of anilines is 1. The van der Waals surface area contributed by atoms with E-state index in [1.54, 1.807) is 30.5 Å². The largest absolute Gasteiger partial charge is 0.305 e. The Hall–Kier alpha value is -3.08. The van der Waals surface area contributed by atoms with Crippen molar-refractivity contribution in [3.63, 3.8) is 0 Å². The second-order valence-corrected chi connectivity index (χ2v) is 7.15. The normalized spacial score (nSPS) is 14.6. The maximum atomic E-state index is 13.3. The quantitative estimate of drug-likeness (QED) is 0.647. The molecule has 0 aliphatic heterocycles. The molecule has 2 aromatic carbocycles. The Bertz CT molecular complexity index is 951. The van der Waals surface area contributed by atoms with E-state index in [4.69, 9.17) is 4.98 Å². The molecule has 0 unspecified atom stereocenters. The average Bonchev–Trinajstić information content (AvgIpc) is 2.76. The fourth-order valence-corrected chi connectivity index (χ4v) is 3.69. The summed E-state index contributed by atoms with van der Waals surface area (Å²) >= 11 is 0. The lowest BCUT2D eigenvalue weighted by atomic mass is 9.86.